The van der Waals surface area contributed by atoms with Crippen LogP contribution in [0.15, 0.2) is 59.7 Å². The summed E-state index contributed by atoms with van der Waals surface area (Å²) in [6.45, 7) is 1.93. The molecule has 7 heteroatoms. The second-order valence-corrected chi connectivity index (χ2v) is 7.37. The van der Waals surface area contributed by atoms with Gasteiger partial charge < -0.3 is 15.1 Å². The second kappa shape index (κ2) is 7.44. The summed E-state index contributed by atoms with van der Waals surface area (Å²) in [6.07, 6.45) is 7.22. The molecule has 3 aromatic heterocycles. The third-order valence-corrected chi connectivity index (χ3v) is 5.08. The lowest BCUT2D eigenvalue weighted by Crippen LogP contribution is -2.07. The van der Waals surface area contributed by atoms with Crippen molar-refractivity contribution < 1.29 is 9.90 Å². The highest BCUT2D eigenvalue weighted by molar-refractivity contribution is 9.10. The van der Waals surface area contributed by atoms with Crippen LogP contribution in [0, 0.1) is 6.92 Å². The van der Waals surface area contributed by atoms with Gasteiger partial charge in [0.15, 0.2) is 5.78 Å². The number of benzene rings is 1. The Labute approximate surface area is 169 Å². The van der Waals surface area contributed by atoms with Crippen LogP contribution < -0.4 is 0 Å². The number of carbonyl (C=O) groups is 1. The quantitative estimate of drug-likeness (QED) is 0.404. The van der Waals surface area contributed by atoms with Gasteiger partial charge in [-0.05, 0) is 42.8 Å². The molecule has 0 fully saturated rings. The van der Waals surface area contributed by atoms with E-state index in [-0.39, 0.29) is 17.1 Å². The Morgan fingerprint density at radius 2 is 1.96 bits per heavy atom. The van der Waals surface area contributed by atoms with Gasteiger partial charge >= 0.3 is 0 Å². The Hall–Kier alpha value is -3.19. The molecule has 0 aliphatic rings. The fourth-order valence-corrected chi connectivity index (χ4v) is 3.71. The number of rotatable bonds is 5. The first kappa shape index (κ1) is 18.2. The van der Waals surface area contributed by atoms with Gasteiger partial charge in [-0.1, -0.05) is 15.9 Å². The molecule has 0 atom stereocenters. The van der Waals surface area contributed by atoms with E-state index in [4.69, 9.17) is 0 Å². The minimum Gasteiger partial charge on any atom is -0.507 e. The fraction of sp³-hybridized carbons (Fsp3) is 0.0952. The van der Waals surface area contributed by atoms with E-state index in [1.165, 1.54) is 6.07 Å². The predicted molar refractivity (Wildman–Crippen MR) is 109 cm³/mol. The van der Waals surface area contributed by atoms with Crippen molar-refractivity contribution in [3.05, 3.63) is 87.9 Å². The molecule has 3 N–H and O–H groups in total. The molecular weight excluding hydrogens is 420 g/mol. The first-order valence-electron chi connectivity index (χ1n) is 8.67. The largest absolute Gasteiger partial charge is 0.507 e. The lowest BCUT2D eigenvalue weighted by molar-refractivity contribution is 0.103. The van der Waals surface area contributed by atoms with Crippen LogP contribution in [0.5, 0.6) is 5.75 Å². The zero-order chi connectivity index (χ0) is 19.7. The molecule has 0 aliphatic carbocycles. The normalized spacial score (nSPS) is 10.9. The van der Waals surface area contributed by atoms with Crippen LogP contribution in [0.4, 0.5) is 0 Å². The maximum atomic E-state index is 13.5. The number of phenols is 1. The Morgan fingerprint density at radius 1 is 1.18 bits per heavy atom. The zero-order valence-corrected chi connectivity index (χ0v) is 16.6. The Morgan fingerprint density at radius 3 is 2.68 bits per heavy atom. The highest BCUT2D eigenvalue weighted by Crippen LogP contribution is 2.34. The maximum Gasteiger partial charge on any atom is 0.199 e. The molecule has 4 aromatic rings. The SMILES string of the molecule is Cc1[nH]c(Cc2cnc[nH]2)c(C(=O)c2cc(Br)ccc2O)c1-c1ccncc1. The number of nitrogens with zero attached hydrogens (tertiary/aromatic N) is 2. The van der Waals surface area contributed by atoms with Gasteiger partial charge in [-0.25, -0.2) is 4.98 Å². The van der Waals surface area contributed by atoms with E-state index in [9.17, 15) is 9.90 Å². The monoisotopic (exact) mass is 436 g/mol. The summed E-state index contributed by atoms with van der Waals surface area (Å²) in [5.74, 6) is -0.301. The number of halogens is 1. The highest BCUT2D eigenvalue weighted by Gasteiger charge is 2.26. The summed E-state index contributed by atoms with van der Waals surface area (Å²) in [6, 6.07) is 8.58. The molecule has 3 heterocycles. The van der Waals surface area contributed by atoms with Crippen LogP contribution in [0.1, 0.15) is 33.0 Å². The van der Waals surface area contributed by atoms with Crippen molar-refractivity contribution in [2.75, 3.05) is 0 Å². The lowest BCUT2D eigenvalue weighted by atomic mass is 9.93. The number of carbonyl (C=O) groups excluding carboxylic acids is 1. The van der Waals surface area contributed by atoms with Gasteiger partial charge in [-0.3, -0.25) is 9.78 Å². The van der Waals surface area contributed by atoms with E-state index >= 15 is 0 Å². The number of phenolic OH excluding ortho intramolecular Hbond substituents is 1. The van der Waals surface area contributed by atoms with Gasteiger partial charge in [-0.15, -0.1) is 0 Å². The molecule has 1 aromatic carbocycles. The van der Waals surface area contributed by atoms with E-state index in [1.54, 1.807) is 37.1 Å². The summed E-state index contributed by atoms with van der Waals surface area (Å²) in [5, 5.41) is 10.3. The molecular formula is C21H17BrN4O2. The van der Waals surface area contributed by atoms with E-state index < -0.39 is 0 Å². The van der Waals surface area contributed by atoms with Crippen molar-refractivity contribution in [1.29, 1.82) is 0 Å². The molecule has 0 unspecified atom stereocenters. The van der Waals surface area contributed by atoms with Crippen LogP contribution in [-0.4, -0.2) is 30.8 Å². The van der Waals surface area contributed by atoms with Crippen molar-refractivity contribution in [2.24, 2.45) is 0 Å². The fourth-order valence-electron chi connectivity index (χ4n) is 3.35. The number of aryl methyl sites for hydroxylation is 1. The number of hydrogen-bond acceptors (Lipinski definition) is 4. The topological polar surface area (TPSA) is 94.7 Å². The second-order valence-electron chi connectivity index (χ2n) is 6.46. The van der Waals surface area contributed by atoms with Crippen LogP contribution in [0.3, 0.4) is 0 Å². The van der Waals surface area contributed by atoms with E-state index in [0.717, 1.165) is 32.7 Å². The highest BCUT2D eigenvalue weighted by atomic mass is 79.9. The molecule has 0 saturated carbocycles. The number of aromatic nitrogens is 4. The molecule has 0 aliphatic heterocycles. The standard InChI is InChI=1S/C21H17BrN4O2/c1-12-19(13-4-6-23-7-5-13)20(17(26-12)9-15-10-24-11-25-15)21(28)16-8-14(22)2-3-18(16)27/h2-8,10-11,26-27H,9H2,1H3,(H,24,25). The van der Waals surface area contributed by atoms with Crippen molar-refractivity contribution in [3.63, 3.8) is 0 Å². The number of imidazole rings is 1. The first-order valence-corrected chi connectivity index (χ1v) is 9.46. The Balaban J connectivity index is 1.92. The van der Waals surface area contributed by atoms with Gasteiger partial charge in [0.1, 0.15) is 5.75 Å². The average Bonchev–Trinajstić information content (AvgIpc) is 3.31. The van der Waals surface area contributed by atoms with Crippen molar-refractivity contribution in [1.82, 2.24) is 19.9 Å². The van der Waals surface area contributed by atoms with Crippen LogP contribution in [-0.2, 0) is 6.42 Å². The lowest BCUT2D eigenvalue weighted by Gasteiger charge is -2.09. The molecule has 140 valence electrons. The van der Waals surface area contributed by atoms with Crippen LogP contribution >= 0.6 is 15.9 Å². The predicted octanol–water partition coefficient (Wildman–Crippen LogP) is 4.40. The number of ketones is 1. The number of nitrogens with one attached hydrogen (secondary N) is 2. The van der Waals surface area contributed by atoms with E-state index in [0.29, 0.717) is 12.0 Å². The van der Waals surface area contributed by atoms with Gasteiger partial charge in [-0.2, -0.15) is 0 Å². The zero-order valence-electron chi connectivity index (χ0n) is 15.0. The van der Waals surface area contributed by atoms with Gasteiger partial charge in [0.2, 0.25) is 0 Å². The van der Waals surface area contributed by atoms with Crippen LogP contribution in [0.25, 0.3) is 11.1 Å². The summed E-state index contributed by atoms with van der Waals surface area (Å²) in [7, 11) is 0. The van der Waals surface area contributed by atoms with Crippen molar-refractivity contribution in [2.45, 2.75) is 13.3 Å². The van der Waals surface area contributed by atoms with Gasteiger partial charge in [0.05, 0.1) is 17.5 Å². The molecule has 0 spiro atoms. The van der Waals surface area contributed by atoms with E-state index in [2.05, 4.69) is 35.9 Å². The smallest absolute Gasteiger partial charge is 0.199 e. The third-order valence-electron chi connectivity index (χ3n) is 4.59. The summed E-state index contributed by atoms with van der Waals surface area (Å²) in [4.78, 5) is 28.1. The molecule has 0 amide bonds. The van der Waals surface area contributed by atoms with Gasteiger partial charge in [0, 0.05) is 52.1 Å². The summed E-state index contributed by atoms with van der Waals surface area (Å²) < 4.78 is 0.724. The minimum atomic E-state index is -0.246. The maximum absolute atomic E-state index is 13.5. The summed E-state index contributed by atoms with van der Waals surface area (Å²) >= 11 is 3.38. The molecule has 0 saturated heterocycles. The number of pyridine rings is 1. The molecule has 28 heavy (non-hydrogen) atoms. The third kappa shape index (κ3) is 3.36. The van der Waals surface area contributed by atoms with Crippen molar-refractivity contribution in [3.8, 4) is 16.9 Å². The Bertz CT molecular complexity index is 1130. The van der Waals surface area contributed by atoms with Crippen LogP contribution in [0.2, 0.25) is 0 Å². The molecule has 4 rings (SSSR count). The molecule has 0 bridgehead atoms. The average molecular weight is 437 g/mol. The minimum absolute atomic E-state index is 0.0554. The van der Waals surface area contributed by atoms with E-state index in [1.807, 2.05) is 19.1 Å². The van der Waals surface area contributed by atoms with Gasteiger partial charge in [0.25, 0.3) is 0 Å². The number of aromatic hydroxyl groups is 1. The number of aromatic amines is 2. The first-order chi connectivity index (χ1) is 13.5. The summed E-state index contributed by atoms with van der Waals surface area (Å²) in [5.41, 5.74) is 4.99. The molecule has 6 nitrogen and oxygen atoms in total. The number of H-pyrrole nitrogens is 2. The van der Waals surface area contributed by atoms with Crippen molar-refractivity contribution >= 4 is 21.7 Å². The number of hydrogen-bond donors (Lipinski definition) is 3. The Kier molecular flexibility index (Phi) is 4.83. The molecule has 0 radical (unpaired) electrons.